The van der Waals surface area contributed by atoms with Crippen molar-refractivity contribution in [2.75, 3.05) is 19.8 Å². The largest absolute Gasteiger partial charge is 0.493 e. The lowest BCUT2D eigenvalue weighted by molar-refractivity contribution is -0.160. The van der Waals surface area contributed by atoms with Crippen molar-refractivity contribution in [1.29, 1.82) is 0 Å². The van der Waals surface area contributed by atoms with Crippen LogP contribution in [0.4, 0.5) is 0 Å². The van der Waals surface area contributed by atoms with Gasteiger partial charge < -0.3 is 14.2 Å². The van der Waals surface area contributed by atoms with Crippen molar-refractivity contribution in [2.45, 2.75) is 46.8 Å². The highest BCUT2D eigenvalue weighted by molar-refractivity contribution is 5.22. The molecule has 0 radical (unpaired) electrons. The smallest absolute Gasteiger partial charge is 0.191 e. The van der Waals surface area contributed by atoms with E-state index >= 15 is 0 Å². The summed E-state index contributed by atoms with van der Waals surface area (Å²) in [5.74, 6) is 1.66. The number of rotatable bonds is 8. The minimum Gasteiger partial charge on any atom is -0.493 e. The fourth-order valence-corrected chi connectivity index (χ4v) is 1.93. The average Bonchev–Trinajstić information content (AvgIpc) is 2.37. The molecule has 0 saturated heterocycles. The summed E-state index contributed by atoms with van der Waals surface area (Å²) >= 11 is 0. The Morgan fingerprint density at radius 1 is 1.06 bits per heavy atom. The van der Waals surface area contributed by atoms with Gasteiger partial charge in [-0.1, -0.05) is 25.5 Å². The maximum atomic E-state index is 5.74. The molecule has 0 aliphatic heterocycles. The maximum absolute atomic E-state index is 5.74. The van der Waals surface area contributed by atoms with Crippen LogP contribution in [0.15, 0.2) is 23.5 Å². The van der Waals surface area contributed by atoms with E-state index < -0.39 is 0 Å². The summed E-state index contributed by atoms with van der Waals surface area (Å²) in [5.41, 5.74) is 1.49. The molecule has 1 aliphatic carbocycles. The first kappa shape index (κ1) is 15.3. The maximum Gasteiger partial charge on any atom is 0.191 e. The molecule has 0 bridgehead atoms. The molecule has 18 heavy (non-hydrogen) atoms. The van der Waals surface area contributed by atoms with E-state index in [-0.39, 0.29) is 6.29 Å². The van der Waals surface area contributed by atoms with Crippen LogP contribution in [0.3, 0.4) is 0 Å². The van der Waals surface area contributed by atoms with Crippen LogP contribution < -0.4 is 0 Å². The molecule has 0 N–H and O–H groups in total. The molecule has 0 aromatic carbocycles. The fraction of sp³-hybridized carbons (Fsp3) is 0.733. The Bertz CT molecular complexity index is 286. The zero-order chi connectivity index (χ0) is 13.4. The molecular weight excluding hydrogens is 228 g/mol. The van der Waals surface area contributed by atoms with Crippen molar-refractivity contribution in [3.05, 3.63) is 23.5 Å². The van der Waals surface area contributed by atoms with Gasteiger partial charge in [0.05, 0.1) is 5.76 Å². The second-order valence-electron chi connectivity index (χ2n) is 4.68. The summed E-state index contributed by atoms with van der Waals surface area (Å²) in [4.78, 5) is 0. The molecule has 0 saturated carbocycles. The fourth-order valence-electron chi connectivity index (χ4n) is 1.93. The minimum absolute atomic E-state index is 0.253. The van der Waals surface area contributed by atoms with Gasteiger partial charge >= 0.3 is 0 Å². The first-order chi connectivity index (χ1) is 8.67. The predicted molar refractivity (Wildman–Crippen MR) is 73.2 cm³/mol. The normalized spacial score (nSPS) is 15.9. The van der Waals surface area contributed by atoms with E-state index in [4.69, 9.17) is 14.2 Å². The van der Waals surface area contributed by atoms with E-state index in [1.807, 2.05) is 13.8 Å². The van der Waals surface area contributed by atoms with Crippen molar-refractivity contribution in [1.82, 2.24) is 0 Å². The first-order valence-corrected chi connectivity index (χ1v) is 6.93. The van der Waals surface area contributed by atoms with Crippen LogP contribution in [0.5, 0.6) is 0 Å². The number of allylic oxidation sites excluding steroid dienone is 4. The minimum atomic E-state index is -0.253. The van der Waals surface area contributed by atoms with E-state index in [2.05, 4.69) is 26.0 Å². The molecule has 0 atom stereocenters. The van der Waals surface area contributed by atoms with Gasteiger partial charge in [0.25, 0.3) is 0 Å². The van der Waals surface area contributed by atoms with Crippen LogP contribution in [0.25, 0.3) is 0 Å². The van der Waals surface area contributed by atoms with Gasteiger partial charge in [0.2, 0.25) is 0 Å². The SMILES string of the molecule is CCOC(COC1=CC=C(C(C)C)CC1)OCC. The van der Waals surface area contributed by atoms with Crippen molar-refractivity contribution in [3.63, 3.8) is 0 Å². The third kappa shape index (κ3) is 5.23. The highest BCUT2D eigenvalue weighted by atomic mass is 16.7. The lowest BCUT2D eigenvalue weighted by atomic mass is 9.94. The Morgan fingerprint density at radius 3 is 2.17 bits per heavy atom. The first-order valence-electron chi connectivity index (χ1n) is 6.93. The lowest BCUT2D eigenvalue weighted by Gasteiger charge is -2.21. The number of ether oxygens (including phenoxy) is 3. The van der Waals surface area contributed by atoms with Gasteiger partial charge in [-0.3, -0.25) is 0 Å². The summed E-state index contributed by atoms with van der Waals surface area (Å²) in [6.45, 7) is 10.1. The molecule has 0 aromatic rings. The standard InChI is InChI=1S/C15H26O3/c1-5-16-15(17-6-2)11-18-14-9-7-13(8-10-14)12(3)4/h7,9,12,15H,5-6,8,10-11H2,1-4H3. The lowest BCUT2D eigenvalue weighted by Crippen LogP contribution is -2.23. The Hall–Kier alpha value is -0.800. The second kappa shape index (κ2) is 8.33. The molecule has 104 valence electrons. The third-order valence-corrected chi connectivity index (χ3v) is 2.99. The second-order valence-corrected chi connectivity index (χ2v) is 4.68. The Balaban J connectivity index is 2.39. The molecule has 0 unspecified atom stereocenters. The van der Waals surface area contributed by atoms with Crippen LogP contribution in [-0.2, 0) is 14.2 Å². The van der Waals surface area contributed by atoms with Gasteiger partial charge in [0.15, 0.2) is 6.29 Å². The third-order valence-electron chi connectivity index (χ3n) is 2.99. The summed E-state index contributed by atoms with van der Waals surface area (Å²) in [5, 5.41) is 0. The highest BCUT2D eigenvalue weighted by Gasteiger charge is 2.13. The van der Waals surface area contributed by atoms with Crippen molar-refractivity contribution >= 4 is 0 Å². The van der Waals surface area contributed by atoms with Gasteiger partial charge in [0.1, 0.15) is 6.61 Å². The van der Waals surface area contributed by atoms with Crippen LogP contribution in [-0.4, -0.2) is 26.1 Å². The van der Waals surface area contributed by atoms with E-state index in [1.165, 1.54) is 5.57 Å². The molecule has 0 heterocycles. The monoisotopic (exact) mass is 254 g/mol. The van der Waals surface area contributed by atoms with Crippen molar-refractivity contribution in [3.8, 4) is 0 Å². The molecule has 0 fully saturated rings. The highest BCUT2D eigenvalue weighted by Crippen LogP contribution is 2.24. The summed E-state index contributed by atoms with van der Waals surface area (Å²) in [6.07, 6.45) is 6.08. The topological polar surface area (TPSA) is 27.7 Å². The van der Waals surface area contributed by atoms with Crippen molar-refractivity contribution < 1.29 is 14.2 Å². The summed E-state index contributed by atoms with van der Waals surface area (Å²) in [7, 11) is 0. The van der Waals surface area contributed by atoms with E-state index in [0.717, 1.165) is 18.6 Å². The van der Waals surface area contributed by atoms with Crippen molar-refractivity contribution in [2.24, 2.45) is 5.92 Å². The Labute approximate surface area is 111 Å². The molecule has 0 aromatic heterocycles. The molecule has 3 heteroatoms. The van der Waals surface area contributed by atoms with Crippen LogP contribution >= 0.6 is 0 Å². The molecule has 0 amide bonds. The molecule has 1 aliphatic rings. The number of hydrogen-bond acceptors (Lipinski definition) is 3. The average molecular weight is 254 g/mol. The zero-order valence-electron chi connectivity index (χ0n) is 12.1. The van der Waals surface area contributed by atoms with E-state index in [9.17, 15) is 0 Å². The Morgan fingerprint density at radius 2 is 1.72 bits per heavy atom. The predicted octanol–water partition coefficient (Wildman–Crippen LogP) is 3.66. The molecule has 0 spiro atoms. The Kier molecular flexibility index (Phi) is 7.06. The molecular formula is C15H26O3. The molecule has 3 nitrogen and oxygen atoms in total. The van der Waals surface area contributed by atoms with Gasteiger partial charge in [0, 0.05) is 19.6 Å². The van der Waals surface area contributed by atoms with Gasteiger partial charge in [-0.05, 0) is 32.3 Å². The van der Waals surface area contributed by atoms with E-state index in [1.54, 1.807) is 0 Å². The van der Waals surface area contributed by atoms with Crippen LogP contribution in [0.2, 0.25) is 0 Å². The number of hydrogen-bond donors (Lipinski definition) is 0. The van der Waals surface area contributed by atoms with E-state index in [0.29, 0.717) is 25.7 Å². The van der Waals surface area contributed by atoms with Crippen LogP contribution in [0.1, 0.15) is 40.5 Å². The summed E-state index contributed by atoms with van der Waals surface area (Å²) < 4.78 is 16.6. The molecule has 1 rings (SSSR count). The quantitative estimate of drug-likeness (QED) is 0.619. The van der Waals surface area contributed by atoms with Gasteiger partial charge in [-0.2, -0.15) is 0 Å². The van der Waals surface area contributed by atoms with Gasteiger partial charge in [-0.25, -0.2) is 0 Å². The zero-order valence-corrected chi connectivity index (χ0v) is 12.1. The van der Waals surface area contributed by atoms with Crippen LogP contribution in [0, 0.1) is 5.92 Å². The van der Waals surface area contributed by atoms with Gasteiger partial charge in [-0.15, -0.1) is 0 Å². The summed E-state index contributed by atoms with van der Waals surface area (Å²) in [6, 6.07) is 0.